The molecule has 2 rings (SSSR count). The minimum absolute atomic E-state index is 0. The van der Waals surface area contributed by atoms with Crippen molar-refractivity contribution in [3.8, 4) is 17.1 Å². The Bertz CT molecular complexity index is 648. The van der Waals surface area contributed by atoms with Gasteiger partial charge in [-0.15, -0.1) is 0 Å². The van der Waals surface area contributed by atoms with E-state index in [-0.39, 0.29) is 85.0 Å². The van der Waals surface area contributed by atoms with Crippen LogP contribution < -0.4 is 62.2 Å². The summed E-state index contributed by atoms with van der Waals surface area (Å²) in [6.07, 6.45) is 0. The van der Waals surface area contributed by atoms with Gasteiger partial charge in [0, 0.05) is 24.1 Å². The number of pyridine rings is 1. The summed E-state index contributed by atoms with van der Waals surface area (Å²) in [5.41, 5.74) is 6.52. The average molecular weight is 355 g/mol. The van der Waals surface area contributed by atoms with E-state index in [9.17, 15) is 9.50 Å². The third-order valence-electron chi connectivity index (χ3n) is 2.72. The van der Waals surface area contributed by atoms with Crippen LogP contribution in [0.3, 0.4) is 0 Å². The zero-order chi connectivity index (χ0) is 14.9. The molecule has 0 bridgehead atoms. The first kappa shape index (κ1) is 19.1. The Morgan fingerprint density at radius 1 is 1.38 bits per heavy atom. The molecule has 8 heteroatoms. The molecule has 0 unspecified atom stereocenters. The molecular weight excluding hydrogens is 345 g/mol. The van der Waals surface area contributed by atoms with Gasteiger partial charge in [-0.25, -0.2) is 4.39 Å². The number of hydrogen-bond donors (Lipinski definition) is 1. The molecule has 1 heterocycles. The van der Waals surface area contributed by atoms with Crippen LogP contribution in [-0.2, 0) is 11.3 Å². The molecule has 2 N–H and O–H groups in total. The van der Waals surface area contributed by atoms with Crippen molar-refractivity contribution in [3.63, 3.8) is 0 Å². The molecule has 0 spiro atoms. The summed E-state index contributed by atoms with van der Waals surface area (Å²) in [5.74, 6) is -1.28. The zero-order valence-electron chi connectivity index (χ0n) is 11.4. The fraction of sp³-hybridized carbons (Fsp3) is 0.154. The van der Waals surface area contributed by atoms with Crippen molar-refractivity contribution < 1.29 is 65.6 Å². The summed E-state index contributed by atoms with van der Waals surface area (Å²) in [4.78, 5) is 3.78. The van der Waals surface area contributed by atoms with Crippen molar-refractivity contribution in [2.24, 2.45) is 0 Å². The van der Waals surface area contributed by atoms with Crippen molar-refractivity contribution in [1.82, 2.24) is 4.98 Å². The van der Waals surface area contributed by atoms with Gasteiger partial charge in [0.15, 0.2) is 0 Å². The minimum Gasteiger partial charge on any atom is -0.858 e. The van der Waals surface area contributed by atoms with Crippen LogP contribution in [0.4, 0.5) is 10.1 Å². The molecule has 0 atom stereocenters. The summed E-state index contributed by atoms with van der Waals surface area (Å²) in [5, 5.41) is 11.4. The Hall–Kier alpha value is 0.0764. The average Bonchev–Trinajstić information content (AvgIpc) is 2.41. The fourth-order valence-electron chi connectivity index (χ4n) is 1.78. The van der Waals surface area contributed by atoms with Crippen molar-refractivity contribution in [2.75, 3.05) is 12.8 Å². The molecule has 0 amide bonds. The molecule has 0 aliphatic heterocycles. The number of aromatic nitrogens is 1. The molecule has 1 aromatic carbocycles. The second kappa shape index (κ2) is 8.08. The van der Waals surface area contributed by atoms with Gasteiger partial charge in [-0.05, 0) is 12.1 Å². The monoisotopic (exact) mass is 354 g/mol. The number of anilines is 1. The van der Waals surface area contributed by atoms with Crippen molar-refractivity contribution >= 4 is 28.9 Å². The molecule has 4 nitrogen and oxygen atoms in total. The van der Waals surface area contributed by atoms with Gasteiger partial charge in [-0.3, -0.25) is 4.98 Å². The minimum atomic E-state index is -0.666. The van der Waals surface area contributed by atoms with Gasteiger partial charge in [-0.2, -0.15) is 0 Å². The maximum absolute atomic E-state index is 14.0. The van der Waals surface area contributed by atoms with E-state index in [4.69, 9.17) is 33.7 Å². The molecule has 0 aliphatic rings. The first-order valence-electron chi connectivity index (χ1n) is 5.55. The van der Waals surface area contributed by atoms with Crippen molar-refractivity contribution in [2.45, 2.75) is 6.61 Å². The fourth-order valence-corrected chi connectivity index (χ4v) is 2.05. The van der Waals surface area contributed by atoms with E-state index in [0.717, 1.165) is 0 Å². The summed E-state index contributed by atoms with van der Waals surface area (Å²) in [6, 6.07) is 4.34. The van der Waals surface area contributed by atoms with Crippen LogP contribution in [0.1, 0.15) is 5.56 Å². The number of rotatable bonds is 3. The van der Waals surface area contributed by atoms with Crippen LogP contribution in [0.15, 0.2) is 18.2 Å². The normalized spacial score (nSPS) is 10.3. The maximum Gasteiger partial charge on any atom is 1.00 e. The van der Waals surface area contributed by atoms with Crippen LogP contribution in [0.5, 0.6) is 5.88 Å². The van der Waals surface area contributed by atoms with E-state index in [1.807, 2.05) is 0 Å². The number of nitrogens with zero attached hydrogens (tertiary/aromatic N) is 1. The molecule has 2 aromatic rings. The van der Waals surface area contributed by atoms with Gasteiger partial charge in [0.2, 0.25) is 0 Å². The molecule has 0 saturated heterocycles. The standard InChI is InChI=1S/C13H11Cl2FN2O2.K/c1-20-5-7-6(2-3-8(14)12(7)16)10-4-9(17)11(15)13(19)18-10;/h2-4H,5H2,1H3,(H3,17,18,19);/q;+1/p-1. The van der Waals surface area contributed by atoms with Crippen LogP contribution in [0.2, 0.25) is 10.0 Å². The number of halogens is 3. The van der Waals surface area contributed by atoms with Crippen molar-refractivity contribution in [3.05, 3.63) is 39.6 Å². The summed E-state index contributed by atoms with van der Waals surface area (Å²) in [7, 11) is 1.42. The number of benzene rings is 1. The molecule has 0 aliphatic carbocycles. The predicted molar refractivity (Wildman–Crippen MR) is 74.2 cm³/mol. The summed E-state index contributed by atoms with van der Waals surface area (Å²) in [6.45, 7) is -0.0138. The molecular formula is C13H10Cl2FKN2O2. The van der Waals surface area contributed by atoms with Crippen molar-refractivity contribution in [1.29, 1.82) is 0 Å². The van der Waals surface area contributed by atoms with Gasteiger partial charge in [-0.1, -0.05) is 29.3 Å². The third kappa shape index (κ3) is 4.08. The van der Waals surface area contributed by atoms with Crippen LogP contribution >= 0.6 is 23.2 Å². The zero-order valence-corrected chi connectivity index (χ0v) is 16.0. The van der Waals surface area contributed by atoms with E-state index in [1.54, 1.807) is 6.07 Å². The summed E-state index contributed by atoms with van der Waals surface area (Å²) >= 11 is 11.4. The number of methoxy groups -OCH3 is 1. The van der Waals surface area contributed by atoms with Gasteiger partial charge in [0.05, 0.1) is 28.0 Å². The van der Waals surface area contributed by atoms with Crippen LogP contribution in [-0.4, -0.2) is 12.1 Å². The molecule has 0 radical (unpaired) electrons. The molecule has 21 heavy (non-hydrogen) atoms. The summed E-state index contributed by atoms with van der Waals surface area (Å²) < 4.78 is 19.0. The van der Waals surface area contributed by atoms with E-state index < -0.39 is 11.7 Å². The van der Waals surface area contributed by atoms with E-state index in [1.165, 1.54) is 19.2 Å². The number of hydrogen-bond acceptors (Lipinski definition) is 4. The van der Waals surface area contributed by atoms with E-state index in [0.29, 0.717) is 5.56 Å². The van der Waals surface area contributed by atoms with Gasteiger partial charge in [0.25, 0.3) is 0 Å². The topological polar surface area (TPSA) is 71.2 Å². The number of nitrogen functional groups attached to an aromatic ring is 1. The number of ether oxygens (including phenoxy) is 1. The predicted octanol–water partition coefficient (Wildman–Crippen LogP) is 0.000700. The van der Waals surface area contributed by atoms with Crippen LogP contribution in [0, 0.1) is 5.82 Å². The Kier molecular flexibility index (Phi) is 7.35. The Morgan fingerprint density at radius 2 is 2.05 bits per heavy atom. The van der Waals surface area contributed by atoms with E-state index >= 15 is 0 Å². The SMILES string of the molecule is COCc1c(-c2cc(N)c(Cl)c([O-])n2)ccc(Cl)c1F.[K+]. The third-order valence-corrected chi connectivity index (χ3v) is 3.39. The smallest absolute Gasteiger partial charge is 0.858 e. The molecule has 0 saturated carbocycles. The molecule has 0 fully saturated rings. The second-order valence-electron chi connectivity index (χ2n) is 4.04. The Morgan fingerprint density at radius 3 is 2.62 bits per heavy atom. The molecule has 106 valence electrons. The quantitative estimate of drug-likeness (QED) is 0.787. The first-order valence-corrected chi connectivity index (χ1v) is 6.30. The van der Waals surface area contributed by atoms with Gasteiger partial charge >= 0.3 is 51.4 Å². The van der Waals surface area contributed by atoms with Crippen LogP contribution in [0.25, 0.3) is 11.3 Å². The maximum atomic E-state index is 14.0. The van der Waals surface area contributed by atoms with Gasteiger partial charge < -0.3 is 15.6 Å². The van der Waals surface area contributed by atoms with Gasteiger partial charge in [0.1, 0.15) is 5.82 Å². The first-order chi connectivity index (χ1) is 9.45. The largest absolute Gasteiger partial charge is 1.00 e. The number of nitrogens with two attached hydrogens (primary N) is 1. The van der Waals surface area contributed by atoms with E-state index in [2.05, 4.69) is 4.98 Å². The second-order valence-corrected chi connectivity index (χ2v) is 4.82. The molecule has 1 aromatic heterocycles. The Labute approximate surface area is 173 Å². The Balaban J connectivity index is 0.00000220.